The molecule has 1 aromatic carbocycles. The third kappa shape index (κ3) is 4.34. The van der Waals surface area contributed by atoms with Crippen LogP contribution >= 0.6 is 34.7 Å². The summed E-state index contributed by atoms with van der Waals surface area (Å²) in [5, 5.41) is 14.3. The van der Waals surface area contributed by atoms with Crippen LogP contribution in [0, 0.1) is 13.8 Å². The van der Waals surface area contributed by atoms with Crippen LogP contribution in [0.4, 0.5) is 5.00 Å². The molecule has 11 heteroatoms. The smallest absolute Gasteiger partial charge is 0.341 e. The Labute approximate surface area is 197 Å². The summed E-state index contributed by atoms with van der Waals surface area (Å²) in [6, 6.07) is 9.11. The lowest BCUT2D eigenvalue weighted by molar-refractivity contribution is -0.113. The number of hydrogen-bond donors (Lipinski definition) is 1. The summed E-state index contributed by atoms with van der Waals surface area (Å²) in [6.45, 7) is 3.82. The summed E-state index contributed by atoms with van der Waals surface area (Å²) in [7, 11) is 1.30. The maximum absolute atomic E-state index is 12.7. The van der Waals surface area contributed by atoms with Gasteiger partial charge in [0.05, 0.1) is 12.9 Å². The lowest BCUT2D eigenvalue weighted by Crippen LogP contribution is -2.16. The molecule has 0 bridgehead atoms. The van der Waals surface area contributed by atoms with Gasteiger partial charge in [-0.1, -0.05) is 41.6 Å². The second kappa shape index (κ2) is 9.27. The Bertz CT molecular complexity index is 1330. The van der Waals surface area contributed by atoms with E-state index >= 15 is 0 Å². The Morgan fingerprint density at radius 2 is 2.00 bits per heavy atom. The summed E-state index contributed by atoms with van der Waals surface area (Å²) >= 11 is 8.78. The number of thioether (sulfide) groups is 1. The molecular weight excluding hydrogens is 470 g/mol. The number of halogens is 1. The van der Waals surface area contributed by atoms with Crippen molar-refractivity contribution in [2.45, 2.75) is 19.0 Å². The van der Waals surface area contributed by atoms with E-state index in [9.17, 15) is 9.59 Å². The number of carbonyl (C=O) groups excluding carboxylic acids is 2. The molecular formula is C21H18ClN5O3S2. The van der Waals surface area contributed by atoms with Crippen LogP contribution in [0.5, 0.6) is 0 Å². The molecule has 0 saturated carbocycles. The Kier molecular flexibility index (Phi) is 6.45. The second-order valence-electron chi connectivity index (χ2n) is 6.82. The molecule has 0 aliphatic carbocycles. The van der Waals surface area contributed by atoms with Gasteiger partial charge in [0.25, 0.3) is 5.78 Å². The van der Waals surface area contributed by atoms with Gasteiger partial charge in [0.1, 0.15) is 10.6 Å². The number of fused-ring (bicyclic) bond motifs is 1. The van der Waals surface area contributed by atoms with E-state index in [2.05, 4.69) is 20.5 Å². The summed E-state index contributed by atoms with van der Waals surface area (Å²) in [5.41, 5.74) is 3.34. The molecule has 32 heavy (non-hydrogen) atoms. The van der Waals surface area contributed by atoms with Crippen molar-refractivity contribution in [1.82, 2.24) is 19.6 Å². The minimum absolute atomic E-state index is 0.0774. The molecule has 0 radical (unpaired) electrons. The van der Waals surface area contributed by atoms with E-state index in [0.717, 1.165) is 11.4 Å². The molecule has 4 aromatic rings. The molecule has 8 nitrogen and oxygen atoms in total. The molecule has 0 fully saturated rings. The molecule has 0 aliphatic rings. The maximum Gasteiger partial charge on any atom is 0.341 e. The number of thiophene rings is 1. The number of esters is 1. The number of carbonyl (C=O) groups is 2. The predicted octanol–water partition coefficient (Wildman–Crippen LogP) is 4.64. The van der Waals surface area contributed by atoms with Crippen LogP contribution in [0.25, 0.3) is 16.9 Å². The summed E-state index contributed by atoms with van der Waals surface area (Å²) in [6.07, 6.45) is 0. The Balaban J connectivity index is 1.55. The van der Waals surface area contributed by atoms with E-state index in [1.807, 2.05) is 38.1 Å². The van der Waals surface area contributed by atoms with Crippen LogP contribution in [-0.4, -0.2) is 44.3 Å². The number of nitrogens with one attached hydrogen (secondary N) is 1. The summed E-state index contributed by atoms with van der Waals surface area (Å²) in [4.78, 5) is 29.5. The van der Waals surface area contributed by atoms with E-state index in [-0.39, 0.29) is 17.2 Å². The average molecular weight is 488 g/mol. The van der Waals surface area contributed by atoms with Gasteiger partial charge < -0.3 is 10.1 Å². The number of aryl methyl sites for hydroxylation is 2. The minimum Gasteiger partial charge on any atom is -0.465 e. The third-order valence-corrected chi connectivity index (χ3v) is 6.75. The fraction of sp³-hybridized carbons (Fsp3) is 0.190. The quantitative estimate of drug-likeness (QED) is 0.312. The lowest BCUT2D eigenvalue weighted by atomic mass is 10.0. The maximum atomic E-state index is 12.7. The summed E-state index contributed by atoms with van der Waals surface area (Å²) < 4.78 is 6.75. The molecule has 0 saturated heterocycles. The van der Waals surface area contributed by atoms with Crippen LogP contribution in [0.3, 0.4) is 0 Å². The van der Waals surface area contributed by atoms with Crippen LogP contribution in [-0.2, 0) is 9.53 Å². The van der Waals surface area contributed by atoms with Crippen molar-refractivity contribution in [2.24, 2.45) is 0 Å². The van der Waals surface area contributed by atoms with Crippen LogP contribution in [0.1, 0.15) is 21.7 Å². The number of ether oxygens (including phenoxy) is 1. The molecule has 4 rings (SSSR count). The zero-order chi connectivity index (χ0) is 22.8. The van der Waals surface area contributed by atoms with Gasteiger partial charge in [-0.2, -0.15) is 0 Å². The first-order valence-electron chi connectivity index (χ1n) is 9.45. The molecule has 164 valence electrons. The normalized spacial score (nSPS) is 11.0. The predicted molar refractivity (Wildman–Crippen MR) is 126 cm³/mol. The Morgan fingerprint density at radius 1 is 1.22 bits per heavy atom. The molecule has 0 spiro atoms. The van der Waals surface area contributed by atoms with E-state index in [1.165, 1.54) is 30.2 Å². The highest BCUT2D eigenvalue weighted by Crippen LogP contribution is 2.39. The Hall–Kier alpha value is -2.95. The van der Waals surface area contributed by atoms with Crippen molar-refractivity contribution in [3.8, 4) is 11.1 Å². The third-order valence-electron chi connectivity index (χ3n) is 4.59. The van der Waals surface area contributed by atoms with Crippen molar-refractivity contribution >= 4 is 57.4 Å². The number of amides is 1. The second-order valence-corrected chi connectivity index (χ2v) is 9.05. The van der Waals surface area contributed by atoms with E-state index in [4.69, 9.17) is 16.3 Å². The van der Waals surface area contributed by atoms with Crippen molar-refractivity contribution < 1.29 is 14.3 Å². The average Bonchev–Trinajstić information content (AvgIpc) is 3.36. The fourth-order valence-corrected chi connectivity index (χ4v) is 5.21. The standard InChI is InChI=1S/C21H18ClN5O3S2/c1-11-8-12(2)27-20(23-11)25-26-21(27)32-10-16(28)24-18-17(19(29)30-3)14(9-31-18)13-6-4-5-7-15(13)22/h4-9H,10H2,1-3H3,(H,24,28). The van der Waals surface area contributed by atoms with E-state index in [0.29, 0.717) is 32.1 Å². The molecule has 0 aliphatic heterocycles. The highest BCUT2D eigenvalue weighted by atomic mass is 35.5. The van der Waals surface area contributed by atoms with Gasteiger partial charge >= 0.3 is 5.97 Å². The SMILES string of the molecule is COC(=O)c1c(-c2ccccc2Cl)csc1NC(=O)CSc1nnc2nc(C)cc(C)n12. The fourth-order valence-electron chi connectivity index (χ4n) is 3.22. The van der Waals surface area contributed by atoms with Crippen LogP contribution < -0.4 is 5.32 Å². The minimum atomic E-state index is -0.551. The van der Waals surface area contributed by atoms with Gasteiger partial charge in [0.15, 0.2) is 5.16 Å². The van der Waals surface area contributed by atoms with Gasteiger partial charge in [-0.05, 0) is 26.0 Å². The number of methoxy groups -OCH3 is 1. The molecule has 0 unspecified atom stereocenters. The van der Waals surface area contributed by atoms with E-state index in [1.54, 1.807) is 15.8 Å². The van der Waals surface area contributed by atoms with Crippen molar-refractivity contribution in [2.75, 3.05) is 18.2 Å². The van der Waals surface area contributed by atoms with Gasteiger partial charge in [-0.3, -0.25) is 9.20 Å². The van der Waals surface area contributed by atoms with Crippen molar-refractivity contribution in [3.63, 3.8) is 0 Å². The zero-order valence-electron chi connectivity index (χ0n) is 17.4. The molecule has 3 aromatic heterocycles. The molecule has 3 heterocycles. The number of benzene rings is 1. The first-order valence-corrected chi connectivity index (χ1v) is 11.7. The largest absolute Gasteiger partial charge is 0.465 e. The molecule has 0 atom stereocenters. The van der Waals surface area contributed by atoms with Gasteiger partial charge in [-0.25, -0.2) is 9.78 Å². The number of aromatic nitrogens is 4. The first-order chi connectivity index (χ1) is 15.4. The van der Waals surface area contributed by atoms with Gasteiger partial charge in [0, 0.05) is 32.9 Å². The first kappa shape index (κ1) is 22.3. The van der Waals surface area contributed by atoms with Crippen molar-refractivity contribution in [1.29, 1.82) is 0 Å². The number of anilines is 1. The molecule has 1 amide bonds. The monoisotopic (exact) mass is 487 g/mol. The Morgan fingerprint density at radius 3 is 2.75 bits per heavy atom. The summed E-state index contributed by atoms with van der Waals surface area (Å²) in [5.74, 6) is -0.276. The topological polar surface area (TPSA) is 98.5 Å². The van der Waals surface area contributed by atoms with Gasteiger partial charge in [-0.15, -0.1) is 21.5 Å². The highest BCUT2D eigenvalue weighted by molar-refractivity contribution is 7.99. The van der Waals surface area contributed by atoms with Gasteiger partial charge in [0.2, 0.25) is 5.91 Å². The van der Waals surface area contributed by atoms with Crippen molar-refractivity contribution in [3.05, 3.63) is 57.7 Å². The van der Waals surface area contributed by atoms with Crippen LogP contribution in [0.15, 0.2) is 40.9 Å². The van der Waals surface area contributed by atoms with Crippen LogP contribution in [0.2, 0.25) is 5.02 Å². The number of hydrogen-bond acceptors (Lipinski definition) is 8. The number of rotatable bonds is 6. The highest BCUT2D eigenvalue weighted by Gasteiger charge is 2.23. The molecule has 1 N–H and O–H groups in total. The van der Waals surface area contributed by atoms with E-state index < -0.39 is 5.97 Å². The zero-order valence-corrected chi connectivity index (χ0v) is 19.8. The number of nitrogens with zero attached hydrogens (tertiary/aromatic N) is 4. The lowest BCUT2D eigenvalue weighted by Gasteiger charge is -2.09.